The molecule has 0 nitrogen and oxygen atoms in total. The molecule has 2 aliphatic carbocycles. The zero-order chi connectivity index (χ0) is 16.3. The van der Waals surface area contributed by atoms with Crippen LogP contribution in [0.25, 0.3) is 0 Å². The molecule has 0 N–H and O–H groups in total. The van der Waals surface area contributed by atoms with Crippen molar-refractivity contribution in [2.45, 2.75) is 90.9 Å². The van der Waals surface area contributed by atoms with E-state index in [4.69, 9.17) is 0 Å². The minimum atomic E-state index is -0.742. The molecule has 0 amide bonds. The van der Waals surface area contributed by atoms with Gasteiger partial charge in [-0.2, -0.15) is 0 Å². The van der Waals surface area contributed by atoms with E-state index in [1.165, 1.54) is 77.0 Å². The van der Waals surface area contributed by atoms with Gasteiger partial charge in [-0.15, -0.1) is 0 Å². The molecule has 0 aromatic rings. The minimum absolute atomic E-state index is 0. The van der Waals surface area contributed by atoms with Gasteiger partial charge in [0.2, 0.25) is 0 Å². The molecule has 0 radical (unpaired) electrons. The van der Waals surface area contributed by atoms with Gasteiger partial charge < -0.3 is 24.8 Å². The van der Waals surface area contributed by atoms with E-state index in [1.54, 1.807) is 11.1 Å². The summed E-state index contributed by atoms with van der Waals surface area (Å²) in [7, 11) is 0. The van der Waals surface area contributed by atoms with E-state index in [-0.39, 0.29) is 24.8 Å². The summed E-state index contributed by atoms with van der Waals surface area (Å²) in [5, 5.41) is 0. The van der Waals surface area contributed by atoms with E-state index < -0.39 is 22.9 Å². The van der Waals surface area contributed by atoms with Crippen LogP contribution >= 0.6 is 0 Å². The van der Waals surface area contributed by atoms with Crippen LogP contribution in [-0.2, 0) is 22.9 Å². The second-order valence-corrected chi connectivity index (χ2v) is 12.2. The molecule has 0 aromatic carbocycles. The number of unbranched alkanes of at least 4 members (excludes halogenated alkanes) is 6. The van der Waals surface area contributed by atoms with Crippen LogP contribution in [0.1, 0.15) is 90.9 Å². The molecular weight excluding hydrogens is 514 g/mol. The van der Waals surface area contributed by atoms with E-state index in [9.17, 15) is 0 Å². The van der Waals surface area contributed by atoms with Gasteiger partial charge in [0.25, 0.3) is 0 Å². The van der Waals surface area contributed by atoms with Gasteiger partial charge in [0.05, 0.1) is 0 Å². The van der Waals surface area contributed by atoms with Crippen LogP contribution in [0.15, 0.2) is 42.1 Å². The molecule has 2 aliphatic rings. The predicted molar refractivity (Wildman–Crippen MR) is 99.1 cm³/mol. The van der Waals surface area contributed by atoms with Gasteiger partial charge in [-0.1, -0.05) is 0 Å². The smallest absolute Gasteiger partial charge is 1.00 e. The zero-order valence-electron chi connectivity index (χ0n) is 16.1. The summed E-state index contributed by atoms with van der Waals surface area (Å²) < 4.78 is 3.82. The van der Waals surface area contributed by atoms with Crippen molar-refractivity contribution in [1.82, 2.24) is 0 Å². The van der Waals surface area contributed by atoms with E-state index in [1.807, 2.05) is 6.66 Å². The number of rotatable bonds is 12. The number of halogens is 2. The maximum Gasteiger partial charge on any atom is -1.00 e. The summed E-state index contributed by atoms with van der Waals surface area (Å²) in [5.41, 5.74) is 3.49. The maximum atomic E-state index is 2.46. The van der Waals surface area contributed by atoms with Crippen LogP contribution in [-0.4, -0.2) is 0 Å². The first-order valence-corrected chi connectivity index (χ1v) is 13.5. The monoisotopic (exact) mass is 548 g/mol. The summed E-state index contributed by atoms with van der Waals surface area (Å²) >= 11 is -0.742. The van der Waals surface area contributed by atoms with Crippen molar-refractivity contribution < 1.29 is 47.7 Å². The summed E-state index contributed by atoms with van der Waals surface area (Å²) in [5.74, 6) is 0. The minimum Gasteiger partial charge on any atom is -1.00 e. The Morgan fingerprint density at radius 2 is 1.12 bits per heavy atom. The molecule has 0 saturated carbocycles. The van der Waals surface area contributed by atoms with Crippen LogP contribution in [0.5, 0.6) is 0 Å². The normalized spacial score (nSPS) is 15.4. The van der Waals surface area contributed by atoms with Gasteiger partial charge in [-0.05, 0) is 0 Å². The van der Waals surface area contributed by atoms with Crippen LogP contribution in [0.2, 0.25) is 0 Å². The molecule has 0 unspecified atom stereocenters. The molecular formula is C22H34Cl2Hf. The summed E-state index contributed by atoms with van der Waals surface area (Å²) in [6.45, 7) is 4.61. The fourth-order valence-corrected chi connectivity index (χ4v) is 9.04. The molecule has 140 valence electrons. The summed E-state index contributed by atoms with van der Waals surface area (Å²) in [6.07, 6.45) is 26.2. The van der Waals surface area contributed by atoms with E-state index in [0.717, 1.165) is 0 Å². The molecule has 0 aromatic heterocycles. The van der Waals surface area contributed by atoms with Crippen molar-refractivity contribution in [3.63, 3.8) is 0 Å². The van der Waals surface area contributed by atoms with Crippen molar-refractivity contribution in [3.8, 4) is 0 Å². The standard InChI is InChI=1S/2C11H17.2ClH.Hf/c2*1-2-3-4-5-8-11-9-6-7-10-11;;;/h2*6,9H,2-5,7-8H2,1H3;2*1H;/q;;;;+2/p-2. The van der Waals surface area contributed by atoms with Crippen molar-refractivity contribution in [2.24, 2.45) is 0 Å². The summed E-state index contributed by atoms with van der Waals surface area (Å²) in [6, 6.07) is 0. The molecule has 0 atom stereocenters. The van der Waals surface area contributed by atoms with E-state index in [0.29, 0.717) is 0 Å². The Morgan fingerprint density at radius 3 is 1.52 bits per heavy atom. The van der Waals surface area contributed by atoms with Gasteiger partial charge in [0.1, 0.15) is 0 Å². The molecule has 3 heteroatoms. The molecule has 25 heavy (non-hydrogen) atoms. The van der Waals surface area contributed by atoms with Crippen LogP contribution in [0.3, 0.4) is 0 Å². The second kappa shape index (κ2) is 15.5. The van der Waals surface area contributed by atoms with Gasteiger partial charge >= 0.3 is 156 Å². The fraction of sp³-hybridized carbons (Fsp3) is 0.636. The molecule has 0 spiro atoms. The third kappa shape index (κ3) is 9.25. The first-order valence-electron chi connectivity index (χ1n) is 9.89. The number of hydrogen-bond acceptors (Lipinski definition) is 0. The first-order chi connectivity index (χ1) is 11.3. The Kier molecular flexibility index (Phi) is 15.7. The van der Waals surface area contributed by atoms with E-state index >= 15 is 0 Å². The molecule has 0 heterocycles. The van der Waals surface area contributed by atoms with Crippen molar-refractivity contribution in [2.75, 3.05) is 0 Å². The predicted octanol–water partition coefficient (Wildman–Crippen LogP) is 1.45. The van der Waals surface area contributed by atoms with Crippen molar-refractivity contribution >= 4 is 0 Å². The first kappa shape index (κ1) is 25.4. The molecule has 0 saturated heterocycles. The Bertz CT molecular complexity index is 442. The molecule has 0 bridgehead atoms. The Hall–Kier alpha value is 0.410. The third-order valence-corrected chi connectivity index (χ3v) is 10.9. The Labute approximate surface area is 179 Å². The van der Waals surface area contributed by atoms with Crippen LogP contribution < -0.4 is 24.8 Å². The molecule has 0 aliphatic heterocycles. The van der Waals surface area contributed by atoms with E-state index in [2.05, 4.69) is 38.2 Å². The van der Waals surface area contributed by atoms with Gasteiger partial charge in [0.15, 0.2) is 0 Å². The zero-order valence-corrected chi connectivity index (χ0v) is 21.2. The second-order valence-electron chi connectivity index (χ2n) is 6.97. The van der Waals surface area contributed by atoms with Gasteiger partial charge in [-0.25, -0.2) is 0 Å². The van der Waals surface area contributed by atoms with Crippen molar-refractivity contribution in [3.05, 3.63) is 42.1 Å². The molecule has 0 fully saturated rings. The third-order valence-electron chi connectivity index (χ3n) is 4.96. The Morgan fingerprint density at radius 1 is 0.680 bits per heavy atom. The quantitative estimate of drug-likeness (QED) is 0.256. The number of hydrogen-bond donors (Lipinski definition) is 0. The van der Waals surface area contributed by atoms with Crippen molar-refractivity contribution in [1.29, 1.82) is 0 Å². The maximum absolute atomic E-state index is 2.46. The SMILES string of the molecule is CCCCCCC1=[C]([Hf+2][C]2=C(CCCCCC)C=CC2)CC=C1.[Cl-].[Cl-]. The Balaban J connectivity index is 0.00000288. The van der Waals surface area contributed by atoms with Crippen LogP contribution in [0.4, 0.5) is 0 Å². The fourth-order valence-electron chi connectivity index (χ4n) is 3.50. The topological polar surface area (TPSA) is 0 Å². The number of allylic oxidation sites excluding steroid dienone is 8. The van der Waals surface area contributed by atoms with Gasteiger partial charge in [-0.3, -0.25) is 0 Å². The molecule has 2 rings (SSSR count). The largest absolute Gasteiger partial charge is 1.00 e. The summed E-state index contributed by atoms with van der Waals surface area (Å²) in [4.78, 5) is 0. The van der Waals surface area contributed by atoms with Crippen LogP contribution in [0, 0.1) is 0 Å². The van der Waals surface area contributed by atoms with Gasteiger partial charge in [0, 0.05) is 0 Å². The average Bonchev–Trinajstić information content (AvgIpc) is 3.18. The average molecular weight is 548 g/mol.